The minimum Gasteiger partial charge on any atom is -0.508 e. The zero-order chi connectivity index (χ0) is 53.4. The number of phenols is 1. The van der Waals surface area contributed by atoms with Gasteiger partial charge in [-0.25, -0.2) is 4.79 Å². The van der Waals surface area contributed by atoms with E-state index in [1.165, 1.54) is 45.0 Å². The number of carbonyl (C=O) groups is 11. The third kappa shape index (κ3) is 22.0. The highest BCUT2D eigenvalue weighted by molar-refractivity contribution is 5.98. The number of phenolic OH excluding ortho intramolecular Hbond substituents is 1. The summed E-state index contributed by atoms with van der Waals surface area (Å²) in [6, 6.07) is -6.82. The fourth-order valence-electron chi connectivity index (χ4n) is 6.34. The van der Waals surface area contributed by atoms with Gasteiger partial charge in [-0.2, -0.15) is 0 Å². The molecule has 0 heterocycles. The highest BCUT2D eigenvalue weighted by atomic mass is 16.4. The summed E-state index contributed by atoms with van der Waals surface area (Å²) in [6.07, 6.45) is -2.98. The Bertz CT molecular complexity index is 1980. The molecule has 1 aromatic rings. The smallest absolute Gasteiger partial charge is 0.326 e. The summed E-state index contributed by atoms with van der Waals surface area (Å²) in [7, 11) is 0. The third-order valence-corrected chi connectivity index (χ3v) is 10.4. The summed E-state index contributed by atoms with van der Waals surface area (Å²) in [6.45, 7) is 5.57. The Labute approximate surface area is 403 Å². The minimum absolute atomic E-state index is 0.0685. The molecule has 0 aliphatic heterocycles. The van der Waals surface area contributed by atoms with Gasteiger partial charge < -0.3 is 84.6 Å². The predicted molar refractivity (Wildman–Crippen MR) is 244 cm³/mol. The normalized spacial score (nSPS) is 15.0. The second-order valence-corrected chi connectivity index (χ2v) is 17.0. The summed E-state index contributed by atoms with van der Waals surface area (Å²) in [5, 5.41) is 76.0. The van der Waals surface area contributed by atoms with Gasteiger partial charge in [-0.05, 0) is 68.7 Å². The fourth-order valence-corrected chi connectivity index (χ4v) is 6.34. The number of carboxylic acid groups (broad SMARTS) is 3. The first-order chi connectivity index (χ1) is 32.7. The average Bonchev–Trinajstić information content (AvgIpc) is 3.28. The van der Waals surface area contributed by atoms with Crippen LogP contribution in [0.15, 0.2) is 24.3 Å². The molecule has 18 N–H and O–H groups in total. The number of carboxylic acids is 3. The second-order valence-electron chi connectivity index (χ2n) is 17.0. The van der Waals surface area contributed by atoms with Crippen molar-refractivity contribution < 1.29 is 83.4 Å². The molecule has 0 radical (unpaired) electrons. The molecule has 0 saturated carbocycles. The number of hydrogen-bond acceptors (Lipinski definition) is 16. The van der Waals surface area contributed by atoms with Crippen LogP contribution in [0.3, 0.4) is 0 Å². The van der Waals surface area contributed by atoms with E-state index in [2.05, 4.69) is 42.5 Å². The van der Waals surface area contributed by atoms with Crippen LogP contribution in [0.5, 0.6) is 5.75 Å². The van der Waals surface area contributed by atoms with Crippen LogP contribution < -0.4 is 54.0 Å². The summed E-state index contributed by atoms with van der Waals surface area (Å²) in [5.74, 6) is -14.2. The van der Waals surface area contributed by atoms with Crippen molar-refractivity contribution in [3.8, 4) is 5.75 Å². The Kier molecular flexibility index (Phi) is 26.6. The highest BCUT2D eigenvalue weighted by Crippen LogP contribution is 2.14. The average molecular weight is 997 g/mol. The van der Waals surface area contributed by atoms with E-state index >= 15 is 0 Å². The predicted octanol–water partition coefficient (Wildman–Crippen LogP) is -4.99. The minimum atomic E-state index is -1.90. The number of rotatable bonds is 32. The van der Waals surface area contributed by atoms with Crippen molar-refractivity contribution in [2.45, 2.75) is 134 Å². The lowest BCUT2D eigenvalue weighted by Gasteiger charge is -2.27. The van der Waals surface area contributed by atoms with E-state index in [-0.39, 0.29) is 25.1 Å². The number of aliphatic hydroxyl groups excluding tert-OH is 2. The van der Waals surface area contributed by atoms with Gasteiger partial charge in [0, 0.05) is 12.8 Å². The molecule has 0 fully saturated rings. The fraction of sp³-hybridized carbons (Fsp3) is 0.605. The van der Waals surface area contributed by atoms with Crippen LogP contribution in [-0.2, 0) is 59.2 Å². The van der Waals surface area contributed by atoms with Crippen molar-refractivity contribution in [2.24, 2.45) is 23.3 Å². The Morgan fingerprint density at radius 3 is 1.56 bits per heavy atom. The molecule has 0 aromatic heterocycles. The molecule has 0 spiro atoms. The van der Waals surface area contributed by atoms with E-state index in [0.717, 1.165) is 0 Å². The van der Waals surface area contributed by atoms with Crippen molar-refractivity contribution >= 4 is 65.2 Å². The van der Waals surface area contributed by atoms with Gasteiger partial charge in [0.15, 0.2) is 0 Å². The van der Waals surface area contributed by atoms with Gasteiger partial charge in [0.05, 0.1) is 25.7 Å². The summed E-state index contributed by atoms with van der Waals surface area (Å²) in [5.41, 5.74) is 11.8. The van der Waals surface area contributed by atoms with Crippen molar-refractivity contribution in [3.05, 3.63) is 29.8 Å². The van der Waals surface area contributed by atoms with Crippen LogP contribution in [0.25, 0.3) is 0 Å². The van der Waals surface area contributed by atoms with E-state index in [1.54, 1.807) is 13.8 Å². The van der Waals surface area contributed by atoms with Crippen LogP contribution in [-0.4, -0.2) is 170 Å². The molecule has 8 amide bonds. The van der Waals surface area contributed by atoms with Crippen molar-refractivity contribution in [1.82, 2.24) is 42.5 Å². The zero-order valence-corrected chi connectivity index (χ0v) is 39.6. The van der Waals surface area contributed by atoms with Crippen LogP contribution in [0.1, 0.15) is 78.7 Å². The number of amides is 8. The van der Waals surface area contributed by atoms with Gasteiger partial charge in [0.25, 0.3) is 0 Å². The maximum atomic E-state index is 13.9. The summed E-state index contributed by atoms with van der Waals surface area (Å²) < 4.78 is 0. The Hall–Kier alpha value is -6.97. The van der Waals surface area contributed by atoms with Gasteiger partial charge in [0.1, 0.15) is 54.1 Å². The molecule has 0 aliphatic rings. The number of carbonyl (C=O) groups excluding carboxylic acids is 8. The quantitative estimate of drug-likeness (QED) is 0.0301. The van der Waals surface area contributed by atoms with Crippen molar-refractivity contribution in [2.75, 3.05) is 19.7 Å². The lowest BCUT2D eigenvalue weighted by Crippen LogP contribution is -2.60. The number of nitrogens with one attached hydrogen (secondary N) is 8. The standard InChI is InChI=1S/C43H68N10O17/c1-20(2)34(52-38(64)27(16-23-9-11-24(56)12-10-23)50-36(62)25(8-6-7-15-44)49-41(67)33(45)22(5)55)42(68)46-18-30(57)47-29(19-54)40(66)48-26(13-14-31(58)59)37(63)51-28(17-32(60)61)39(65)53-35(21(3)4)43(69)70/h9-12,20-22,25-29,33-35,54-56H,6-8,13-19,44-45H2,1-5H3,(H,46,68)(H,47,57)(H,48,66)(H,49,67)(H,50,62)(H,51,63)(H,52,64)(H,53,65)(H,58,59)(H,60,61)(H,69,70)/t22-,25+,26+,27+,28+,29+,33+,34+,35+/m1/s1. The molecule has 392 valence electrons. The first-order valence-electron chi connectivity index (χ1n) is 22.3. The third-order valence-electron chi connectivity index (χ3n) is 10.4. The number of benzene rings is 1. The van der Waals surface area contributed by atoms with Gasteiger partial charge in [-0.1, -0.05) is 39.8 Å². The first-order valence-corrected chi connectivity index (χ1v) is 22.3. The van der Waals surface area contributed by atoms with Crippen LogP contribution in [0.2, 0.25) is 0 Å². The van der Waals surface area contributed by atoms with Gasteiger partial charge in [0.2, 0.25) is 47.3 Å². The monoisotopic (exact) mass is 996 g/mol. The molecule has 0 unspecified atom stereocenters. The molecule has 9 atom stereocenters. The zero-order valence-electron chi connectivity index (χ0n) is 39.6. The van der Waals surface area contributed by atoms with E-state index in [4.69, 9.17) is 11.5 Å². The maximum Gasteiger partial charge on any atom is 0.326 e. The Balaban J connectivity index is 3.24. The van der Waals surface area contributed by atoms with Gasteiger partial charge in [-0.3, -0.25) is 47.9 Å². The lowest BCUT2D eigenvalue weighted by molar-refractivity contribution is -0.144. The van der Waals surface area contributed by atoms with E-state index in [1.807, 2.05) is 0 Å². The molecule has 0 bridgehead atoms. The number of aliphatic carboxylic acids is 3. The summed E-state index contributed by atoms with van der Waals surface area (Å²) in [4.78, 5) is 141. The molecule has 1 rings (SSSR count). The molecular weight excluding hydrogens is 929 g/mol. The van der Waals surface area contributed by atoms with Crippen LogP contribution in [0.4, 0.5) is 0 Å². The molecular formula is C43H68N10O17. The second kappa shape index (κ2) is 30.5. The largest absolute Gasteiger partial charge is 0.508 e. The topological polar surface area (TPSA) is 457 Å². The van der Waals surface area contributed by atoms with Gasteiger partial charge >= 0.3 is 17.9 Å². The molecule has 1 aromatic carbocycles. The molecule has 0 aliphatic carbocycles. The highest BCUT2D eigenvalue weighted by Gasteiger charge is 2.35. The van der Waals surface area contributed by atoms with E-state index in [0.29, 0.717) is 18.4 Å². The maximum absolute atomic E-state index is 13.9. The van der Waals surface area contributed by atoms with E-state index in [9.17, 15) is 83.4 Å². The SMILES string of the molecule is CC(C)[C@H](NC(=O)[C@H](CC(=O)O)NC(=O)[C@H](CCC(=O)O)NC(=O)[C@H](CO)NC(=O)CNC(=O)[C@@H](NC(=O)[C@H](Cc1ccc(O)cc1)NC(=O)[C@H](CCCCN)NC(=O)[C@@H](N)[C@@H](C)O)C(C)C)C(=O)O. The van der Waals surface area contributed by atoms with Crippen LogP contribution in [0, 0.1) is 11.8 Å². The Morgan fingerprint density at radius 1 is 0.571 bits per heavy atom. The molecule has 27 heteroatoms. The lowest BCUT2D eigenvalue weighted by atomic mass is 10.00. The van der Waals surface area contributed by atoms with Crippen molar-refractivity contribution in [1.29, 1.82) is 0 Å². The first kappa shape index (κ1) is 61.0. The summed E-state index contributed by atoms with van der Waals surface area (Å²) >= 11 is 0. The van der Waals surface area contributed by atoms with Gasteiger partial charge in [-0.15, -0.1) is 0 Å². The number of hydrogen-bond donors (Lipinski definition) is 16. The molecule has 0 saturated heterocycles. The van der Waals surface area contributed by atoms with Crippen LogP contribution >= 0.6 is 0 Å². The number of nitrogens with two attached hydrogens (primary N) is 2. The molecule has 27 nitrogen and oxygen atoms in total. The number of aliphatic hydroxyl groups is 2. The Morgan fingerprint density at radius 2 is 1.06 bits per heavy atom. The van der Waals surface area contributed by atoms with Crippen molar-refractivity contribution in [3.63, 3.8) is 0 Å². The number of unbranched alkanes of at least 4 members (excludes halogenated alkanes) is 1. The number of aromatic hydroxyl groups is 1. The van der Waals surface area contributed by atoms with E-state index < -0.39 is 164 Å². The molecule has 70 heavy (non-hydrogen) atoms.